The van der Waals surface area contributed by atoms with E-state index < -0.39 is 0 Å². The van der Waals surface area contributed by atoms with Gasteiger partial charge in [-0.15, -0.1) is 0 Å². The lowest BCUT2D eigenvalue weighted by molar-refractivity contribution is 0.0747. The van der Waals surface area contributed by atoms with Gasteiger partial charge in [-0.05, 0) is 17.5 Å². The summed E-state index contributed by atoms with van der Waals surface area (Å²) in [4.78, 5) is 2.41. The molecule has 1 aromatic rings. The van der Waals surface area contributed by atoms with Crippen molar-refractivity contribution in [3.05, 3.63) is 35.4 Å². The molecule has 3 heteroatoms. The topological polar surface area (TPSA) is 35.5 Å². The van der Waals surface area contributed by atoms with E-state index in [0.717, 1.165) is 32.6 Å². The molecule has 0 aromatic heterocycles. The van der Waals surface area contributed by atoms with Crippen molar-refractivity contribution >= 4 is 0 Å². The monoisotopic (exact) mass is 218 g/mol. The number of hydrogen-bond donors (Lipinski definition) is 2. The quantitative estimate of drug-likeness (QED) is 0.715. The van der Waals surface area contributed by atoms with Gasteiger partial charge in [0.25, 0.3) is 0 Å². The minimum absolute atomic E-state index is 0.203. The molecular formula is C13H18N2O. The lowest BCUT2D eigenvalue weighted by atomic mass is 9.98. The molecule has 2 aliphatic heterocycles. The summed E-state index contributed by atoms with van der Waals surface area (Å²) in [5, 5.41) is 13.1. The summed E-state index contributed by atoms with van der Waals surface area (Å²) in [6, 6.07) is 8.94. The second-order valence-electron chi connectivity index (χ2n) is 4.78. The van der Waals surface area contributed by atoms with Crippen molar-refractivity contribution in [1.29, 1.82) is 0 Å². The Morgan fingerprint density at radius 1 is 1.19 bits per heavy atom. The van der Waals surface area contributed by atoms with E-state index in [2.05, 4.69) is 34.5 Å². The third-order valence-corrected chi connectivity index (χ3v) is 3.78. The molecule has 0 bridgehead atoms. The van der Waals surface area contributed by atoms with E-state index >= 15 is 0 Å². The Labute approximate surface area is 96.1 Å². The number of hydrogen-bond acceptors (Lipinski definition) is 3. The van der Waals surface area contributed by atoms with Crippen LogP contribution in [0.4, 0.5) is 0 Å². The summed E-state index contributed by atoms with van der Waals surface area (Å²) in [5.41, 5.74) is 2.90. The first-order valence-electron chi connectivity index (χ1n) is 6.04. The second kappa shape index (κ2) is 4.17. The van der Waals surface area contributed by atoms with Crippen LogP contribution in [0.2, 0.25) is 0 Å². The van der Waals surface area contributed by atoms with Crippen molar-refractivity contribution in [2.75, 3.05) is 19.6 Å². The van der Waals surface area contributed by atoms with E-state index in [0.29, 0.717) is 6.04 Å². The Morgan fingerprint density at radius 3 is 2.75 bits per heavy atom. The number of rotatable bonds is 1. The number of fused-ring (bicyclic) bond motifs is 1. The molecule has 1 aromatic carbocycles. The Morgan fingerprint density at radius 2 is 2.00 bits per heavy atom. The molecule has 3 nitrogen and oxygen atoms in total. The fourth-order valence-corrected chi connectivity index (χ4v) is 2.82. The minimum atomic E-state index is -0.203. The van der Waals surface area contributed by atoms with Crippen LogP contribution in [-0.2, 0) is 13.0 Å². The fourth-order valence-electron chi connectivity index (χ4n) is 2.82. The van der Waals surface area contributed by atoms with E-state index in [9.17, 15) is 5.11 Å². The number of β-amino-alcohol motifs (C(OH)–C–C–N with tert-alkyl or cyclic N) is 1. The predicted octanol–water partition coefficient (Wildman–Crippen LogP) is 0.377. The van der Waals surface area contributed by atoms with Gasteiger partial charge in [0, 0.05) is 32.2 Å². The van der Waals surface area contributed by atoms with Gasteiger partial charge < -0.3 is 10.4 Å². The number of nitrogens with one attached hydrogen (secondary N) is 1. The zero-order chi connectivity index (χ0) is 11.0. The zero-order valence-electron chi connectivity index (χ0n) is 9.39. The maximum atomic E-state index is 9.89. The summed E-state index contributed by atoms with van der Waals surface area (Å²) in [7, 11) is 0. The lowest BCUT2D eigenvalue weighted by Gasteiger charge is -2.34. The summed E-state index contributed by atoms with van der Waals surface area (Å²) in [6.45, 7) is 3.71. The molecule has 86 valence electrons. The van der Waals surface area contributed by atoms with Crippen LogP contribution in [0.5, 0.6) is 0 Å². The SMILES string of the molecule is O[C@@H]1CNC[C@@H]1N1CCc2ccccc2C1. The highest BCUT2D eigenvalue weighted by molar-refractivity contribution is 5.29. The maximum absolute atomic E-state index is 9.89. The van der Waals surface area contributed by atoms with Crippen LogP contribution < -0.4 is 5.32 Å². The molecule has 2 aliphatic rings. The molecule has 2 atom stereocenters. The van der Waals surface area contributed by atoms with Crippen LogP contribution in [0.1, 0.15) is 11.1 Å². The van der Waals surface area contributed by atoms with Crippen LogP contribution in [0.3, 0.4) is 0 Å². The van der Waals surface area contributed by atoms with E-state index in [1.807, 2.05) is 0 Å². The molecule has 16 heavy (non-hydrogen) atoms. The van der Waals surface area contributed by atoms with Gasteiger partial charge in [-0.25, -0.2) is 0 Å². The average molecular weight is 218 g/mol. The van der Waals surface area contributed by atoms with Crippen molar-refractivity contribution in [2.45, 2.75) is 25.1 Å². The van der Waals surface area contributed by atoms with Crippen molar-refractivity contribution in [3.63, 3.8) is 0 Å². The van der Waals surface area contributed by atoms with E-state index in [4.69, 9.17) is 0 Å². The van der Waals surface area contributed by atoms with Gasteiger partial charge in [-0.3, -0.25) is 4.90 Å². The Hall–Kier alpha value is -0.900. The highest BCUT2D eigenvalue weighted by Gasteiger charge is 2.32. The molecule has 1 saturated heterocycles. The molecule has 0 radical (unpaired) electrons. The summed E-state index contributed by atoms with van der Waals surface area (Å²) < 4.78 is 0. The Kier molecular flexibility index (Phi) is 2.67. The van der Waals surface area contributed by atoms with Gasteiger partial charge in [0.1, 0.15) is 0 Å². The summed E-state index contributed by atoms with van der Waals surface area (Å²) >= 11 is 0. The molecule has 3 rings (SSSR count). The first-order chi connectivity index (χ1) is 7.84. The lowest BCUT2D eigenvalue weighted by Crippen LogP contribution is -2.45. The standard InChI is InChI=1S/C13H18N2O/c16-13-8-14-7-12(13)15-6-5-10-3-1-2-4-11(10)9-15/h1-4,12-14,16H,5-9H2/t12-,13+/m0/s1. The number of aliphatic hydroxyl groups is 1. The van der Waals surface area contributed by atoms with Crippen molar-refractivity contribution in [3.8, 4) is 0 Å². The maximum Gasteiger partial charge on any atom is 0.0831 e. The van der Waals surface area contributed by atoms with Gasteiger partial charge in [0.05, 0.1) is 6.10 Å². The van der Waals surface area contributed by atoms with Crippen molar-refractivity contribution < 1.29 is 5.11 Å². The fraction of sp³-hybridized carbons (Fsp3) is 0.538. The molecule has 0 amide bonds. The predicted molar refractivity (Wildman–Crippen MR) is 63.2 cm³/mol. The molecule has 2 N–H and O–H groups in total. The van der Waals surface area contributed by atoms with Gasteiger partial charge in [0.2, 0.25) is 0 Å². The largest absolute Gasteiger partial charge is 0.390 e. The molecule has 0 spiro atoms. The van der Waals surface area contributed by atoms with Gasteiger partial charge in [-0.1, -0.05) is 24.3 Å². The first kappa shape index (κ1) is 10.3. The third-order valence-electron chi connectivity index (χ3n) is 3.78. The molecule has 0 aliphatic carbocycles. The first-order valence-corrected chi connectivity index (χ1v) is 6.04. The van der Waals surface area contributed by atoms with Crippen LogP contribution in [0.25, 0.3) is 0 Å². The molecule has 0 saturated carbocycles. The summed E-state index contributed by atoms with van der Waals surface area (Å²) in [5.74, 6) is 0. The van der Waals surface area contributed by atoms with Crippen LogP contribution in [0.15, 0.2) is 24.3 Å². The van der Waals surface area contributed by atoms with Crippen LogP contribution in [0, 0.1) is 0 Å². The number of nitrogens with zero attached hydrogens (tertiary/aromatic N) is 1. The average Bonchev–Trinajstić information content (AvgIpc) is 2.75. The molecule has 1 fully saturated rings. The molecule has 0 unspecified atom stereocenters. The van der Waals surface area contributed by atoms with E-state index in [1.54, 1.807) is 0 Å². The van der Waals surface area contributed by atoms with E-state index in [1.165, 1.54) is 11.1 Å². The second-order valence-corrected chi connectivity index (χ2v) is 4.78. The Balaban J connectivity index is 1.77. The van der Waals surface area contributed by atoms with Gasteiger partial charge >= 0.3 is 0 Å². The molecule has 2 heterocycles. The third kappa shape index (κ3) is 1.75. The van der Waals surface area contributed by atoms with Crippen molar-refractivity contribution in [1.82, 2.24) is 10.2 Å². The number of benzene rings is 1. The zero-order valence-corrected chi connectivity index (χ0v) is 9.39. The Bertz CT molecular complexity index is 380. The van der Waals surface area contributed by atoms with Gasteiger partial charge in [-0.2, -0.15) is 0 Å². The van der Waals surface area contributed by atoms with Crippen molar-refractivity contribution in [2.24, 2.45) is 0 Å². The summed E-state index contributed by atoms with van der Waals surface area (Å²) in [6.07, 6.45) is 0.907. The minimum Gasteiger partial charge on any atom is -0.390 e. The van der Waals surface area contributed by atoms with Crippen LogP contribution in [-0.4, -0.2) is 41.8 Å². The molecular weight excluding hydrogens is 200 g/mol. The number of aliphatic hydroxyl groups excluding tert-OH is 1. The van der Waals surface area contributed by atoms with Crippen LogP contribution >= 0.6 is 0 Å². The van der Waals surface area contributed by atoms with Gasteiger partial charge in [0.15, 0.2) is 0 Å². The van der Waals surface area contributed by atoms with E-state index in [-0.39, 0.29) is 6.10 Å². The smallest absolute Gasteiger partial charge is 0.0831 e. The normalized spacial score (nSPS) is 30.3. The highest BCUT2D eigenvalue weighted by Crippen LogP contribution is 2.22. The highest BCUT2D eigenvalue weighted by atomic mass is 16.3.